The average Bonchev–Trinajstić information content (AvgIpc) is 2.70. The number of aryl methyl sites for hydroxylation is 1. The van der Waals surface area contributed by atoms with Crippen molar-refractivity contribution in [2.45, 2.75) is 31.7 Å². The summed E-state index contributed by atoms with van der Waals surface area (Å²) in [6.45, 7) is 1.75. The molecular weight excluding hydrogens is 306 g/mol. The van der Waals surface area contributed by atoms with Crippen LogP contribution in [0.3, 0.4) is 0 Å². The van der Waals surface area contributed by atoms with Crippen LogP contribution in [0.15, 0.2) is 24.3 Å². The van der Waals surface area contributed by atoms with Crippen LogP contribution in [0.2, 0.25) is 0 Å². The summed E-state index contributed by atoms with van der Waals surface area (Å²) in [4.78, 5) is 22.7. The van der Waals surface area contributed by atoms with E-state index >= 15 is 0 Å². The van der Waals surface area contributed by atoms with Crippen LogP contribution >= 0.6 is 0 Å². The third kappa shape index (κ3) is 4.30. The number of nitrogens with one attached hydrogen (secondary N) is 1. The van der Waals surface area contributed by atoms with Gasteiger partial charge in [-0.25, -0.2) is 13.2 Å². The Balaban J connectivity index is 1.87. The molecule has 0 radical (unpaired) electrons. The number of rotatable bonds is 5. The number of aromatic carboxylic acids is 1. The van der Waals surface area contributed by atoms with E-state index in [1.807, 2.05) is 0 Å². The zero-order chi connectivity index (χ0) is 16.4. The second-order valence-corrected chi connectivity index (χ2v) is 8.14. The molecule has 1 aromatic carbocycles. The van der Waals surface area contributed by atoms with Crippen molar-refractivity contribution in [1.29, 1.82) is 0 Å². The van der Waals surface area contributed by atoms with Crippen LogP contribution in [-0.2, 0) is 21.1 Å². The summed E-state index contributed by atoms with van der Waals surface area (Å²) >= 11 is 0. The quantitative estimate of drug-likeness (QED) is 0.841. The van der Waals surface area contributed by atoms with E-state index in [0.29, 0.717) is 12.8 Å². The first-order valence-electron chi connectivity index (χ1n) is 7.03. The zero-order valence-electron chi connectivity index (χ0n) is 12.3. The molecular formula is C15H19NO5S. The number of sulfone groups is 1. The average molecular weight is 325 g/mol. The summed E-state index contributed by atoms with van der Waals surface area (Å²) in [5.41, 5.74) is 0.393. The van der Waals surface area contributed by atoms with E-state index in [1.165, 1.54) is 12.1 Å². The first-order valence-corrected chi connectivity index (χ1v) is 8.85. The smallest absolute Gasteiger partial charge is 0.335 e. The summed E-state index contributed by atoms with van der Waals surface area (Å²) in [5.74, 6) is -1.08. The van der Waals surface area contributed by atoms with Gasteiger partial charge in [-0.15, -0.1) is 0 Å². The van der Waals surface area contributed by atoms with Gasteiger partial charge in [0.1, 0.15) is 0 Å². The normalized spacial score (nSPS) is 23.1. The summed E-state index contributed by atoms with van der Waals surface area (Å²) in [6.07, 6.45) is 1.16. The lowest BCUT2D eigenvalue weighted by molar-refractivity contribution is -0.122. The summed E-state index contributed by atoms with van der Waals surface area (Å²) in [7, 11) is -3.05. The van der Waals surface area contributed by atoms with Crippen LogP contribution in [0, 0.1) is 0 Å². The molecule has 6 nitrogen and oxygen atoms in total. The lowest BCUT2D eigenvalue weighted by Crippen LogP contribution is -2.47. The third-order valence-corrected chi connectivity index (χ3v) is 5.69. The van der Waals surface area contributed by atoms with E-state index < -0.39 is 21.3 Å². The Morgan fingerprint density at radius 1 is 1.27 bits per heavy atom. The molecule has 1 heterocycles. The van der Waals surface area contributed by atoms with Gasteiger partial charge in [-0.2, -0.15) is 0 Å². The Bertz CT molecular complexity index is 680. The SMILES string of the molecule is C[C@]1(NC(=O)CCc2ccc(C(=O)O)cc2)CCS(=O)(=O)C1. The van der Waals surface area contributed by atoms with Gasteiger partial charge < -0.3 is 10.4 Å². The lowest BCUT2D eigenvalue weighted by atomic mass is 10.0. The molecule has 0 aromatic heterocycles. The minimum Gasteiger partial charge on any atom is -0.478 e. The molecule has 1 amide bonds. The van der Waals surface area contributed by atoms with E-state index in [4.69, 9.17) is 5.11 Å². The number of carboxylic acids is 1. The van der Waals surface area contributed by atoms with Crippen molar-refractivity contribution in [3.8, 4) is 0 Å². The molecule has 0 unspecified atom stereocenters. The molecule has 1 aliphatic heterocycles. The largest absolute Gasteiger partial charge is 0.478 e. The highest BCUT2D eigenvalue weighted by molar-refractivity contribution is 7.91. The molecule has 22 heavy (non-hydrogen) atoms. The first-order chi connectivity index (χ1) is 10.2. The lowest BCUT2D eigenvalue weighted by Gasteiger charge is -2.23. The minimum atomic E-state index is -3.05. The summed E-state index contributed by atoms with van der Waals surface area (Å²) < 4.78 is 23.0. The molecule has 0 bridgehead atoms. The van der Waals surface area contributed by atoms with E-state index in [9.17, 15) is 18.0 Å². The molecule has 1 saturated heterocycles. The summed E-state index contributed by atoms with van der Waals surface area (Å²) in [5, 5.41) is 11.6. The van der Waals surface area contributed by atoms with Crippen LogP contribution in [-0.4, -0.2) is 42.4 Å². The van der Waals surface area contributed by atoms with Gasteiger partial charge in [-0.3, -0.25) is 4.79 Å². The van der Waals surface area contributed by atoms with Crippen molar-refractivity contribution in [2.24, 2.45) is 0 Å². The van der Waals surface area contributed by atoms with Crippen molar-refractivity contribution < 1.29 is 23.1 Å². The molecule has 1 aromatic rings. The molecule has 1 atom stereocenters. The maximum atomic E-state index is 12.0. The van der Waals surface area contributed by atoms with Crippen LogP contribution in [0.5, 0.6) is 0 Å². The molecule has 2 N–H and O–H groups in total. The van der Waals surface area contributed by atoms with Crippen molar-refractivity contribution >= 4 is 21.7 Å². The molecule has 1 fully saturated rings. The molecule has 2 rings (SSSR count). The second-order valence-electron chi connectivity index (χ2n) is 5.95. The van der Waals surface area contributed by atoms with Gasteiger partial charge in [-0.1, -0.05) is 12.1 Å². The van der Waals surface area contributed by atoms with Crippen molar-refractivity contribution in [1.82, 2.24) is 5.32 Å². The van der Waals surface area contributed by atoms with Gasteiger partial charge in [0.25, 0.3) is 0 Å². The van der Waals surface area contributed by atoms with E-state index in [1.54, 1.807) is 19.1 Å². The van der Waals surface area contributed by atoms with Crippen LogP contribution in [0.1, 0.15) is 35.7 Å². The highest BCUT2D eigenvalue weighted by atomic mass is 32.2. The molecule has 0 spiro atoms. The van der Waals surface area contributed by atoms with Gasteiger partial charge in [0.2, 0.25) is 5.91 Å². The Morgan fingerprint density at radius 3 is 2.41 bits per heavy atom. The van der Waals surface area contributed by atoms with E-state index in [-0.39, 0.29) is 29.4 Å². The van der Waals surface area contributed by atoms with Gasteiger partial charge in [0.05, 0.1) is 22.6 Å². The Morgan fingerprint density at radius 2 is 1.91 bits per heavy atom. The third-order valence-electron chi connectivity index (χ3n) is 3.79. The van der Waals surface area contributed by atoms with Gasteiger partial charge in [0.15, 0.2) is 9.84 Å². The minimum absolute atomic E-state index is 0.0148. The highest BCUT2D eigenvalue weighted by Crippen LogP contribution is 2.23. The Labute approximate surface area is 129 Å². The van der Waals surface area contributed by atoms with Gasteiger partial charge in [-0.05, 0) is 37.5 Å². The predicted molar refractivity (Wildman–Crippen MR) is 81.5 cm³/mol. The first kappa shape index (κ1) is 16.5. The fourth-order valence-corrected chi connectivity index (χ4v) is 4.67. The predicted octanol–water partition coefficient (Wildman–Crippen LogP) is 1.01. The highest BCUT2D eigenvalue weighted by Gasteiger charge is 2.39. The molecule has 0 saturated carbocycles. The van der Waals surface area contributed by atoms with E-state index in [0.717, 1.165) is 5.56 Å². The zero-order valence-corrected chi connectivity index (χ0v) is 13.1. The number of benzene rings is 1. The molecule has 0 aliphatic carbocycles. The summed E-state index contributed by atoms with van der Waals surface area (Å²) in [6, 6.07) is 6.36. The fourth-order valence-electron chi connectivity index (χ4n) is 2.58. The standard InChI is InChI=1S/C15H19NO5S/c1-15(8-9-22(20,21)10-15)16-13(17)7-4-11-2-5-12(6-3-11)14(18)19/h2-3,5-6H,4,7-10H2,1H3,(H,16,17)(H,18,19)/t15-/m0/s1. The Kier molecular flexibility index (Phi) is 4.55. The van der Waals surface area contributed by atoms with Gasteiger partial charge in [0, 0.05) is 6.42 Å². The van der Waals surface area contributed by atoms with Crippen molar-refractivity contribution in [3.05, 3.63) is 35.4 Å². The number of carboxylic acid groups (broad SMARTS) is 1. The fraction of sp³-hybridized carbons (Fsp3) is 0.467. The maximum absolute atomic E-state index is 12.0. The van der Waals surface area contributed by atoms with Crippen molar-refractivity contribution in [2.75, 3.05) is 11.5 Å². The van der Waals surface area contributed by atoms with E-state index in [2.05, 4.69) is 5.32 Å². The second kappa shape index (κ2) is 6.08. The molecule has 7 heteroatoms. The number of hydrogen-bond donors (Lipinski definition) is 2. The number of hydrogen-bond acceptors (Lipinski definition) is 4. The topological polar surface area (TPSA) is 101 Å². The van der Waals surface area contributed by atoms with Gasteiger partial charge >= 0.3 is 5.97 Å². The maximum Gasteiger partial charge on any atom is 0.335 e. The monoisotopic (exact) mass is 325 g/mol. The van der Waals surface area contributed by atoms with Crippen LogP contribution in [0.4, 0.5) is 0 Å². The van der Waals surface area contributed by atoms with Crippen LogP contribution in [0.25, 0.3) is 0 Å². The Hall–Kier alpha value is -1.89. The number of carbonyl (C=O) groups excluding carboxylic acids is 1. The molecule has 1 aliphatic rings. The molecule has 120 valence electrons. The number of amides is 1. The van der Waals surface area contributed by atoms with Crippen LogP contribution < -0.4 is 5.32 Å². The number of carbonyl (C=O) groups is 2. The van der Waals surface area contributed by atoms with Crippen molar-refractivity contribution in [3.63, 3.8) is 0 Å².